The molecule has 0 saturated heterocycles. The summed E-state index contributed by atoms with van der Waals surface area (Å²) in [5.74, 6) is 0.241. The molecular formula is C6H8N4O. The van der Waals surface area contributed by atoms with E-state index in [0.717, 1.165) is 17.8 Å². The number of anilines is 1. The number of nitrogens with two attached hydrogens (primary N) is 1. The standard InChI is InChI=1S/C6H8N4O/c7-6-8-4-1-2-11-3-5(4)9-10-6/h1-3H2,(H2,7,8,10). The summed E-state index contributed by atoms with van der Waals surface area (Å²) >= 11 is 0. The summed E-state index contributed by atoms with van der Waals surface area (Å²) in [7, 11) is 0. The second-order valence-electron chi connectivity index (χ2n) is 2.37. The molecule has 1 aliphatic rings. The molecule has 2 heterocycles. The van der Waals surface area contributed by atoms with E-state index in [9.17, 15) is 0 Å². The third-order valence-electron chi connectivity index (χ3n) is 1.58. The normalized spacial score (nSPS) is 16.0. The third-order valence-corrected chi connectivity index (χ3v) is 1.58. The van der Waals surface area contributed by atoms with Crippen LogP contribution in [-0.2, 0) is 17.8 Å². The maximum Gasteiger partial charge on any atom is 0.240 e. The molecule has 0 aliphatic carbocycles. The van der Waals surface area contributed by atoms with Crippen molar-refractivity contribution in [3.8, 4) is 0 Å². The lowest BCUT2D eigenvalue weighted by Gasteiger charge is -2.12. The van der Waals surface area contributed by atoms with Gasteiger partial charge in [-0.15, -0.1) is 10.2 Å². The van der Waals surface area contributed by atoms with E-state index < -0.39 is 0 Å². The summed E-state index contributed by atoms with van der Waals surface area (Å²) in [6, 6.07) is 0. The monoisotopic (exact) mass is 152 g/mol. The molecule has 1 aromatic heterocycles. The second kappa shape index (κ2) is 2.43. The molecule has 0 fully saturated rings. The highest BCUT2D eigenvalue weighted by Crippen LogP contribution is 2.10. The van der Waals surface area contributed by atoms with Crippen LogP contribution in [0.4, 0.5) is 5.95 Å². The largest absolute Gasteiger partial charge is 0.375 e. The van der Waals surface area contributed by atoms with Gasteiger partial charge in [-0.05, 0) is 0 Å². The molecule has 0 bridgehead atoms. The molecule has 0 aromatic carbocycles. The smallest absolute Gasteiger partial charge is 0.240 e. The molecule has 11 heavy (non-hydrogen) atoms. The average molecular weight is 152 g/mol. The van der Waals surface area contributed by atoms with Gasteiger partial charge in [0.2, 0.25) is 5.95 Å². The molecule has 0 radical (unpaired) electrons. The average Bonchev–Trinajstić information content (AvgIpc) is 2.04. The van der Waals surface area contributed by atoms with Crippen LogP contribution >= 0.6 is 0 Å². The van der Waals surface area contributed by atoms with Gasteiger partial charge in [0.25, 0.3) is 0 Å². The van der Waals surface area contributed by atoms with Gasteiger partial charge in [-0.25, -0.2) is 4.98 Å². The summed E-state index contributed by atoms with van der Waals surface area (Å²) in [6.45, 7) is 1.21. The fourth-order valence-electron chi connectivity index (χ4n) is 1.04. The number of hydrogen-bond acceptors (Lipinski definition) is 5. The Labute approximate surface area is 63.6 Å². The van der Waals surface area contributed by atoms with Crippen LogP contribution in [0.1, 0.15) is 11.4 Å². The van der Waals surface area contributed by atoms with Gasteiger partial charge in [0.15, 0.2) is 0 Å². The maximum absolute atomic E-state index is 5.36. The Morgan fingerprint density at radius 1 is 1.27 bits per heavy atom. The Morgan fingerprint density at radius 2 is 2.18 bits per heavy atom. The summed E-state index contributed by atoms with van der Waals surface area (Å²) in [4.78, 5) is 4.04. The molecule has 0 unspecified atom stereocenters. The van der Waals surface area contributed by atoms with E-state index in [2.05, 4.69) is 15.2 Å². The zero-order chi connectivity index (χ0) is 7.68. The van der Waals surface area contributed by atoms with E-state index >= 15 is 0 Å². The van der Waals surface area contributed by atoms with Crippen LogP contribution < -0.4 is 5.73 Å². The molecule has 0 saturated carbocycles. The van der Waals surface area contributed by atoms with Crippen molar-refractivity contribution in [2.24, 2.45) is 0 Å². The number of ether oxygens (including phenoxy) is 1. The van der Waals surface area contributed by atoms with Crippen molar-refractivity contribution in [3.05, 3.63) is 11.4 Å². The quantitative estimate of drug-likeness (QED) is 0.543. The molecule has 1 aromatic rings. The zero-order valence-electron chi connectivity index (χ0n) is 5.95. The molecule has 0 atom stereocenters. The Balaban J connectivity index is 2.43. The SMILES string of the molecule is Nc1nnc2c(n1)CCOC2. The van der Waals surface area contributed by atoms with Crippen LogP contribution in [0.25, 0.3) is 0 Å². The number of nitrogen functional groups attached to an aromatic ring is 1. The lowest BCUT2D eigenvalue weighted by atomic mass is 10.2. The van der Waals surface area contributed by atoms with Gasteiger partial charge in [0.05, 0.1) is 18.9 Å². The van der Waals surface area contributed by atoms with Gasteiger partial charge < -0.3 is 10.5 Å². The third kappa shape index (κ3) is 1.14. The Hall–Kier alpha value is -1.23. The minimum atomic E-state index is 0.241. The zero-order valence-corrected chi connectivity index (χ0v) is 5.95. The van der Waals surface area contributed by atoms with Crippen molar-refractivity contribution in [2.75, 3.05) is 12.3 Å². The highest BCUT2D eigenvalue weighted by Gasteiger charge is 2.12. The van der Waals surface area contributed by atoms with E-state index in [1.54, 1.807) is 0 Å². The van der Waals surface area contributed by atoms with E-state index in [1.165, 1.54) is 0 Å². The summed E-state index contributed by atoms with van der Waals surface area (Å²) < 4.78 is 5.15. The predicted octanol–water partition coefficient (Wildman–Crippen LogP) is -0.474. The lowest BCUT2D eigenvalue weighted by molar-refractivity contribution is 0.105. The first-order valence-electron chi connectivity index (χ1n) is 3.42. The first-order valence-corrected chi connectivity index (χ1v) is 3.42. The minimum Gasteiger partial charge on any atom is -0.375 e. The first-order chi connectivity index (χ1) is 5.36. The van der Waals surface area contributed by atoms with Crippen molar-refractivity contribution in [1.82, 2.24) is 15.2 Å². The van der Waals surface area contributed by atoms with Gasteiger partial charge in [0, 0.05) is 6.42 Å². The summed E-state index contributed by atoms with van der Waals surface area (Å²) in [6.07, 6.45) is 0.787. The fourth-order valence-corrected chi connectivity index (χ4v) is 1.04. The number of fused-ring (bicyclic) bond motifs is 1. The van der Waals surface area contributed by atoms with Crippen molar-refractivity contribution >= 4 is 5.95 Å². The van der Waals surface area contributed by atoms with Gasteiger partial charge in [-0.2, -0.15) is 0 Å². The Kier molecular flexibility index (Phi) is 1.43. The van der Waals surface area contributed by atoms with Crippen molar-refractivity contribution in [2.45, 2.75) is 13.0 Å². The highest BCUT2D eigenvalue weighted by molar-refractivity contribution is 5.20. The van der Waals surface area contributed by atoms with Crippen LogP contribution in [0.5, 0.6) is 0 Å². The minimum absolute atomic E-state index is 0.241. The van der Waals surface area contributed by atoms with Crippen molar-refractivity contribution in [1.29, 1.82) is 0 Å². The molecule has 5 heteroatoms. The number of hydrogen-bond donors (Lipinski definition) is 1. The number of rotatable bonds is 0. The van der Waals surface area contributed by atoms with Crippen LogP contribution in [0, 0.1) is 0 Å². The predicted molar refractivity (Wildman–Crippen MR) is 37.6 cm³/mol. The van der Waals surface area contributed by atoms with Crippen LogP contribution in [0.3, 0.4) is 0 Å². The lowest BCUT2D eigenvalue weighted by Crippen LogP contribution is -2.15. The molecule has 2 rings (SSSR count). The maximum atomic E-state index is 5.36. The summed E-state index contributed by atoms with van der Waals surface area (Å²) in [5, 5.41) is 7.49. The fraction of sp³-hybridized carbons (Fsp3) is 0.500. The highest BCUT2D eigenvalue weighted by atomic mass is 16.5. The summed E-state index contributed by atoms with van der Waals surface area (Å²) in [5.41, 5.74) is 7.09. The second-order valence-corrected chi connectivity index (χ2v) is 2.37. The van der Waals surface area contributed by atoms with Crippen LogP contribution in [-0.4, -0.2) is 21.8 Å². The van der Waals surface area contributed by atoms with E-state index in [0.29, 0.717) is 13.2 Å². The van der Waals surface area contributed by atoms with Gasteiger partial charge >= 0.3 is 0 Å². The van der Waals surface area contributed by atoms with E-state index in [1.807, 2.05) is 0 Å². The van der Waals surface area contributed by atoms with Gasteiger partial charge in [-0.1, -0.05) is 0 Å². The van der Waals surface area contributed by atoms with Gasteiger partial charge in [-0.3, -0.25) is 0 Å². The molecule has 0 amide bonds. The molecule has 2 N–H and O–H groups in total. The Bertz CT molecular complexity index is 275. The molecular weight excluding hydrogens is 144 g/mol. The van der Waals surface area contributed by atoms with Crippen LogP contribution in [0.2, 0.25) is 0 Å². The van der Waals surface area contributed by atoms with Crippen LogP contribution in [0.15, 0.2) is 0 Å². The topological polar surface area (TPSA) is 73.9 Å². The number of nitrogens with zero attached hydrogens (tertiary/aromatic N) is 3. The molecule has 1 aliphatic heterocycles. The van der Waals surface area contributed by atoms with Crippen molar-refractivity contribution < 1.29 is 4.74 Å². The molecule has 5 nitrogen and oxygen atoms in total. The molecule has 58 valence electrons. The van der Waals surface area contributed by atoms with E-state index in [4.69, 9.17) is 10.5 Å². The first kappa shape index (κ1) is 6.48. The van der Waals surface area contributed by atoms with Gasteiger partial charge in [0.1, 0.15) is 5.69 Å². The van der Waals surface area contributed by atoms with E-state index in [-0.39, 0.29) is 5.95 Å². The number of aromatic nitrogens is 3. The molecule has 0 spiro atoms. The Morgan fingerprint density at radius 3 is 3.09 bits per heavy atom. The van der Waals surface area contributed by atoms with Crippen molar-refractivity contribution in [3.63, 3.8) is 0 Å².